The maximum absolute atomic E-state index is 12.3. The smallest absolute Gasteiger partial charge is 0.263 e. The van der Waals surface area contributed by atoms with Gasteiger partial charge in [0.1, 0.15) is 4.88 Å². The lowest BCUT2D eigenvalue weighted by atomic mass is 10.1. The molecule has 2 atom stereocenters. The van der Waals surface area contributed by atoms with Gasteiger partial charge in [-0.3, -0.25) is 9.69 Å². The van der Waals surface area contributed by atoms with Crippen LogP contribution in [0.3, 0.4) is 0 Å². The SMILES string of the molecule is Cc1ncsc1C(=O)N[C@H]1CCN([C@H](C)c2ccccc2)C1. The van der Waals surface area contributed by atoms with Crippen molar-refractivity contribution in [1.29, 1.82) is 0 Å². The van der Waals surface area contributed by atoms with Gasteiger partial charge in [-0.2, -0.15) is 0 Å². The average molecular weight is 315 g/mol. The summed E-state index contributed by atoms with van der Waals surface area (Å²) in [7, 11) is 0. The zero-order chi connectivity index (χ0) is 15.5. The Labute approximate surface area is 135 Å². The minimum Gasteiger partial charge on any atom is -0.347 e. The molecule has 1 aromatic heterocycles. The van der Waals surface area contributed by atoms with Gasteiger partial charge >= 0.3 is 0 Å². The zero-order valence-electron chi connectivity index (χ0n) is 13.0. The fraction of sp³-hybridized carbons (Fsp3) is 0.412. The number of thiazole rings is 1. The maximum atomic E-state index is 12.3. The van der Waals surface area contributed by atoms with Crippen LogP contribution >= 0.6 is 11.3 Å². The van der Waals surface area contributed by atoms with E-state index in [1.807, 2.05) is 13.0 Å². The van der Waals surface area contributed by atoms with Crippen molar-refractivity contribution in [3.63, 3.8) is 0 Å². The number of nitrogens with one attached hydrogen (secondary N) is 1. The molecule has 1 amide bonds. The molecule has 0 unspecified atom stereocenters. The monoisotopic (exact) mass is 315 g/mol. The fourth-order valence-electron chi connectivity index (χ4n) is 2.97. The summed E-state index contributed by atoms with van der Waals surface area (Å²) < 4.78 is 0. The van der Waals surface area contributed by atoms with E-state index in [1.54, 1.807) is 5.51 Å². The molecular formula is C17H21N3OS. The van der Waals surface area contributed by atoms with Crippen molar-refractivity contribution in [2.24, 2.45) is 0 Å². The first-order valence-electron chi connectivity index (χ1n) is 7.65. The van der Waals surface area contributed by atoms with Crippen LogP contribution in [-0.2, 0) is 0 Å². The van der Waals surface area contributed by atoms with Crippen molar-refractivity contribution in [1.82, 2.24) is 15.2 Å². The van der Waals surface area contributed by atoms with Crippen LogP contribution in [0.15, 0.2) is 35.8 Å². The summed E-state index contributed by atoms with van der Waals surface area (Å²) in [6.45, 7) is 6.03. The summed E-state index contributed by atoms with van der Waals surface area (Å²) in [4.78, 5) is 19.6. The van der Waals surface area contributed by atoms with Crippen LogP contribution in [0.25, 0.3) is 0 Å². The summed E-state index contributed by atoms with van der Waals surface area (Å²) in [5, 5.41) is 3.15. The molecule has 1 fully saturated rings. The predicted molar refractivity (Wildman–Crippen MR) is 89.2 cm³/mol. The standard InChI is InChI=1S/C17H21N3OS/c1-12-16(22-11-18-12)17(21)19-15-8-9-20(10-15)13(2)14-6-4-3-5-7-14/h3-7,11,13,15H,8-10H2,1-2H3,(H,19,21)/t13-,15+/m1/s1. The highest BCUT2D eigenvalue weighted by atomic mass is 32.1. The Hall–Kier alpha value is -1.72. The van der Waals surface area contributed by atoms with Crippen molar-refractivity contribution < 1.29 is 4.79 Å². The Bertz CT molecular complexity index is 640. The molecule has 0 spiro atoms. The number of nitrogens with zero attached hydrogens (tertiary/aromatic N) is 2. The molecule has 1 aromatic carbocycles. The lowest BCUT2D eigenvalue weighted by Crippen LogP contribution is -2.37. The van der Waals surface area contributed by atoms with Crippen molar-refractivity contribution in [3.05, 3.63) is 52.0 Å². The van der Waals surface area contributed by atoms with Crippen molar-refractivity contribution in [2.75, 3.05) is 13.1 Å². The highest BCUT2D eigenvalue weighted by molar-refractivity contribution is 7.11. The van der Waals surface area contributed by atoms with E-state index in [9.17, 15) is 4.79 Å². The van der Waals surface area contributed by atoms with E-state index in [1.165, 1.54) is 16.9 Å². The molecular weight excluding hydrogens is 294 g/mol. The molecule has 5 heteroatoms. The van der Waals surface area contributed by atoms with Crippen LogP contribution in [0.5, 0.6) is 0 Å². The number of carbonyl (C=O) groups is 1. The minimum absolute atomic E-state index is 0.0132. The van der Waals surface area contributed by atoms with Crippen LogP contribution in [0, 0.1) is 6.92 Å². The molecule has 0 aliphatic carbocycles. The van der Waals surface area contributed by atoms with Crippen molar-refractivity contribution in [2.45, 2.75) is 32.4 Å². The quantitative estimate of drug-likeness (QED) is 0.943. The third kappa shape index (κ3) is 3.20. The third-order valence-corrected chi connectivity index (χ3v) is 5.26. The van der Waals surface area contributed by atoms with Gasteiger partial charge < -0.3 is 5.32 Å². The molecule has 1 saturated heterocycles. The molecule has 1 aliphatic rings. The Balaban J connectivity index is 1.59. The molecule has 3 rings (SSSR count). The predicted octanol–water partition coefficient (Wildman–Crippen LogP) is 3.02. The molecule has 0 saturated carbocycles. The van der Waals surface area contributed by atoms with Crippen LogP contribution in [0.1, 0.15) is 40.3 Å². The van der Waals surface area contributed by atoms with Gasteiger partial charge in [-0.25, -0.2) is 4.98 Å². The highest BCUT2D eigenvalue weighted by Crippen LogP contribution is 2.24. The number of hydrogen-bond acceptors (Lipinski definition) is 4. The molecule has 0 bridgehead atoms. The first-order valence-corrected chi connectivity index (χ1v) is 8.53. The number of aromatic nitrogens is 1. The number of carbonyl (C=O) groups excluding carboxylic acids is 1. The second kappa shape index (κ2) is 6.58. The number of aryl methyl sites for hydroxylation is 1. The van der Waals surface area contributed by atoms with Gasteiger partial charge in [-0.15, -0.1) is 11.3 Å². The van der Waals surface area contributed by atoms with E-state index < -0.39 is 0 Å². The van der Waals surface area contributed by atoms with Crippen molar-refractivity contribution >= 4 is 17.2 Å². The van der Waals surface area contributed by atoms with Crippen LogP contribution in [0.4, 0.5) is 0 Å². The number of benzene rings is 1. The van der Waals surface area contributed by atoms with Gasteiger partial charge in [-0.1, -0.05) is 30.3 Å². The zero-order valence-corrected chi connectivity index (χ0v) is 13.8. The Morgan fingerprint density at radius 2 is 2.18 bits per heavy atom. The second-order valence-electron chi connectivity index (χ2n) is 5.81. The summed E-state index contributed by atoms with van der Waals surface area (Å²) >= 11 is 1.41. The van der Waals surface area contributed by atoms with Gasteiger partial charge in [0, 0.05) is 25.2 Å². The van der Waals surface area contributed by atoms with E-state index in [4.69, 9.17) is 0 Å². The summed E-state index contributed by atoms with van der Waals surface area (Å²) in [5.74, 6) is 0.0132. The van der Waals surface area contributed by atoms with Crippen molar-refractivity contribution in [3.8, 4) is 0 Å². The lowest BCUT2D eigenvalue weighted by molar-refractivity contribution is 0.0940. The normalized spacial score (nSPS) is 20.0. The average Bonchev–Trinajstić information content (AvgIpc) is 3.16. The lowest BCUT2D eigenvalue weighted by Gasteiger charge is -2.24. The number of likely N-dealkylation sites (tertiary alicyclic amines) is 1. The molecule has 4 nitrogen and oxygen atoms in total. The Morgan fingerprint density at radius 1 is 1.41 bits per heavy atom. The van der Waals surface area contributed by atoms with E-state index in [0.29, 0.717) is 6.04 Å². The molecule has 1 aliphatic heterocycles. The number of hydrogen-bond donors (Lipinski definition) is 1. The summed E-state index contributed by atoms with van der Waals surface area (Å²) in [6, 6.07) is 11.1. The molecule has 2 aromatic rings. The minimum atomic E-state index is 0.0132. The van der Waals surface area contributed by atoms with E-state index in [0.717, 1.165) is 30.1 Å². The Kier molecular flexibility index (Phi) is 4.55. The third-order valence-electron chi connectivity index (χ3n) is 4.34. The first-order chi connectivity index (χ1) is 10.6. The molecule has 0 radical (unpaired) electrons. The van der Waals surface area contributed by atoms with Crippen LogP contribution in [0.2, 0.25) is 0 Å². The van der Waals surface area contributed by atoms with E-state index >= 15 is 0 Å². The van der Waals surface area contributed by atoms with Gasteiger partial charge in [0.25, 0.3) is 5.91 Å². The first kappa shape index (κ1) is 15.2. The topological polar surface area (TPSA) is 45.2 Å². The molecule has 2 heterocycles. The molecule has 22 heavy (non-hydrogen) atoms. The number of amides is 1. The van der Waals surface area contributed by atoms with E-state index in [2.05, 4.69) is 46.4 Å². The van der Waals surface area contributed by atoms with Gasteiger partial charge in [0.2, 0.25) is 0 Å². The van der Waals surface area contributed by atoms with E-state index in [-0.39, 0.29) is 11.9 Å². The number of rotatable bonds is 4. The fourth-order valence-corrected chi connectivity index (χ4v) is 3.68. The molecule has 1 N–H and O–H groups in total. The summed E-state index contributed by atoms with van der Waals surface area (Å²) in [5.41, 5.74) is 3.87. The van der Waals surface area contributed by atoms with Gasteiger partial charge in [0.15, 0.2) is 0 Å². The van der Waals surface area contributed by atoms with Crippen LogP contribution < -0.4 is 5.32 Å². The second-order valence-corrected chi connectivity index (χ2v) is 6.66. The molecule has 116 valence electrons. The van der Waals surface area contributed by atoms with Gasteiger partial charge in [-0.05, 0) is 25.8 Å². The largest absolute Gasteiger partial charge is 0.347 e. The maximum Gasteiger partial charge on any atom is 0.263 e. The van der Waals surface area contributed by atoms with Gasteiger partial charge in [0.05, 0.1) is 11.2 Å². The Morgan fingerprint density at radius 3 is 2.86 bits per heavy atom. The summed E-state index contributed by atoms with van der Waals surface area (Å²) in [6.07, 6.45) is 1.00. The van der Waals surface area contributed by atoms with Crippen LogP contribution in [-0.4, -0.2) is 34.9 Å². The highest BCUT2D eigenvalue weighted by Gasteiger charge is 2.28.